The SMILES string of the molecule is CC(C)(C)C1CCN(CC(N)=S)C1. The lowest BCUT2D eigenvalue weighted by molar-refractivity contribution is 0.237. The van der Waals surface area contributed by atoms with Crippen LogP contribution in [-0.2, 0) is 0 Å². The van der Waals surface area contributed by atoms with Crippen LogP contribution in [0.1, 0.15) is 27.2 Å². The molecule has 76 valence electrons. The summed E-state index contributed by atoms with van der Waals surface area (Å²) in [5, 5.41) is 0. The Balaban J connectivity index is 2.41. The molecule has 1 rings (SSSR count). The zero-order valence-electron chi connectivity index (χ0n) is 8.84. The van der Waals surface area contributed by atoms with Crippen molar-refractivity contribution in [2.24, 2.45) is 17.1 Å². The molecule has 2 nitrogen and oxygen atoms in total. The van der Waals surface area contributed by atoms with Gasteiger partial charge in [0.25, 0.3) is 0 Å². The van der Waals surface area contributed by atoms with Gasteiger partial charge in [-0.3, -0.25) is 4.90 Å². The quantitative estimate of drug-likeness (QED) is 0.687. The van der Waals surface area contributed by atoms with Gasteiger partial charge in [-0.2, -0.15) is 0 Å². The second-order valence-corrected chi connectivity index (χ2v) is 5.58. The van der Waals surface area contributed by atoms with E-state index in [0.29, 0.717) is 10.4 Å². The smallest absolute Gasteiger partial charge is 0.0870 e. The Labute approximate surface area is 86.5 Å². The Bertz CT molecular complexity index is 196. The van der Waals surface area contributed by atoms with Crippen molar-refractivity contribution >= 4 is 17.2 Å². The van der Waals surface area contributed by atoms with Crippen LogP contribution in [0.25, 0.3) is 0 Å². The third-order valence-electron chi connectivity index (χ3n) is 2.88. The first-order valence-corrected chi connectivity index (χ1v) is 5.31. The van der Waals surface area contributed by atoms with Crippen molar-refractivity contribution in [3.8, 4) is 0 Å². The number of rotatable bonds is 2. The second kappa shape index (κ2) is 3.93. The molecule has 0 aromatic rings. The van der Waals surface area contributed by atoms with Crippen LogP contribution in [0.2, 0.25) is 0 Å². The highest BCUT2D eigenvalue weighted by molar-refractivity contribution is 7.80. The molecule has 0 bridgehead atoms. The van der Waals surface area contributed by atoms with Crippen LogP contribution in [0.15, 0.2) is 0 Å². The predicted octanol–water partition coefficient (Wildman–Crippen LogP) is 1.64. The summed E-state index contributed by atoms with van der Waals surface area (Å²) in [6.07, 6.45) is 1.28. The average Bonchev–Trinajstić information content (AvgIpc) is 2.32. The standard InChI is InChI=1S/C10H20N2S/c1-10(2,3)8-4-5-12(6-8)7-9(11)13/h8H,4-7H2,1-3H3,(H2,11,13). The molecular formula is C10H20N2S. The molecule has 0 saturated carbocycles. The average molecular weight is 200 g/mol. The van der Waals surface area contributed by atoms with E-state index in [2.05, 4.69) is 25.7 Å². The van der Waals surface area contributed by atoms with Gasteiger partial charge in [0.05, 0.1) is 4.99 Å². The van der Waals surface area contributed by atoms with Crippen molar-refractivity contribution in [2.45, 2.75) is 27.2 Å². The summed E-state index contributed by atoms with van der Waals surface area (Å²) in [4.78, 5) is 2.98. The van der Waals surface area contributed by atoms with Gasteiger partial charge >= 0.3 is 0 Å². The molecule has 2 N–H and O–H groups in total. The first kappa shape index (κ1) is 10.9. The van der Waals surface area contributed by atoms with Crippen LogP contribution >= 0.6 is 12.2 Å². The predicted molar refractivity (Wildman–Crippen MR) is 60.8 cm³/mol. The van der Waals surface area contributed by atoms with E-state index < -0.39 is 0 Å². The maximum Gasteiger partial charge on any atom is 0.0870 e. The largest absolute Gasteiger partial charge is 0.392 e. The molecule has 1 fully saturated rings. The lowest BCUT2D eigenvalue weighted by Crippen LogP contribution is -2.32. The van der Waals surface area contributed by atoms with Crippen molar-refractivity contribution in [1.82, 2.24) is 4.90 Å². The van der Waals surface area contributed by atoms with Gasteiger partial charge < -0.3 is 5.73 Å². The van der Waals surface area contributed by atoms with E-state index in [0.717, 1.165) is 25.6 Å². The first-order chi connectivity index (χ1) is 5.89. The van der Waals surface area contributed by atoms with Gasteiger partial charge in [-0.05, 0) is 24.3 Å². The van der Waals surface area contributed by atoms with E-state index in [1.54, 1.807) is 0 Å². The summed E-state index contributed by atoms with van der Waals surface area (Å²) in [5.74, 6) is 0.793. The highest BCUT2D eigenvalue weighted by atomic mass is 32.1. The van der Waals surface area contributed by atoms with Gasteiger partial charge in [-0.1, -0.05) is 33.0 Å². The van der Waals surface area contributed by atoms with E-state index in [4.69, 9.17) is 18.0 Å². The first-order valence-electron chi connectivity index (χ1n) is 4.90. The summed E-state index contributed by atoms with van der Waals surface area (Å²) in [6.45, 7) is 10.0. The zero-order valence-corrected chi connectivity index (χ0v) is 9.66. The van der Waals surface area contributed by atoms with Gasteiger partial charge in [-0.25, -0.2) is 0 Å². The molecule has 1 saturated heterocycles. The molecular weight excluding hydrogens is 180 g/mol. The minimum absolute atomic E-state index is 0.422. The van der Waals surface area contributed by atoms with E-state index in [1.807, 2.05) is 0 Å². The molecule has 1 heterocycles. The van der Waals surface area contributed by atoms with Gasteiger partial charge in [0.15, 0.2) is 0 Å². The lowest BCUT2D eigenvalue weighted by Gasteiger charge is -2.26. The summed E-state index contributed by atoms with van der Waals surface area (Å²) < 4.78 is 0. The molecule has 0 radical (unpaired) electrons. The molecule has 3 heteroatoms. The Hall–Kier alpha value is -0.150. The lowest BCUT2D eigenvalue weighted by atomic mass is 9.80. The van der Waals surface area contributed by atoms with Gasteiger partial charge in [0.2, 0.25) is 0 Å². The number of likely N-dealkylation sites (tertiary alicyclic amines) is 1. The molecule has 1 aliphatic heterocycles. The third kappa shape index (κ3) is 3.24. The summed E-state index contributed by atoms with van der Waals surface area (Å²) in [7, 11) is 0. The molecule has 0 amide bonds. The van der Waals surface area contributed by atoms with E-state index in [9.17, 15) is 0 Å². The number of nitrogens with two attached hydrogens (primary N) is 1. The summed E-state index contributed by atoms with van der Waals surface area (Å²) in [5.41, 5.74) is 5.94. The normalized spacial score (nSPS) is 25.0. The van der Waals surface area contributed by atoms with Gasteiger partial charge in [0, 0.05) is 13.1 Å². The molecule has 0 aromatic heterocycles. The number of hydrogen-bond acceptors (Lipinski definition) is 2. The molecule has 1 aliphatic rings. The van der Waals surface area contributed by atoms with Crippen LogP contribution in [-0.4, -0.2) is 29.5 Å². The molecule has 0 aromatic carbocycles. The molecule has 1 atom stereocenters. The Morgan fingerprint density at radius 1 is 1.54 bits per heavy atom. The van der Waals surface area contributed by atoms with Gasteiger partial charge in [-0.15, -0.1) is 0 Å². The highest BCUT2D eigenvalue weighted by Crippen LogP contribution is 2.33. The molecule has 0 spiro atoms. The fraction of sp³-hybridized carbons (Fsp3) is 0.900. The highest BCUT2D eigenvalue weighted by Gasteiger charge is 2.31. The fourth-order valence-electron chi connectivity index (χ4n) is 1.90. The minimum atomic E-state index is 0.422. The Morgan fingerprint density at radius 3 is 2.54 bits per heavy atom. The Kier molecular flexibility index (Phi) is 3.30. The van der Waals surface area contributed by atoms with Crippen LogP contribution in [0.3, 0.4) is 0 Å². The molecule has 0 aliphatic carbocycles. The molecule has 13 heavy (non-hydrogen) atoms. The minimum Gasteiger partial charge on any atom is -0.392 e. The number of thiocarbonyl (C=S) groups is 1. The number of hydrogen-bond donors (Lipinski definition) is 1. The monoisotopic (exact) mass is 200 g/mol. The van der Waals surface area contributed by atoms with E-state index >= 15 is 0 Å². The fourth-order valence-corrected chi connectivity index (χ4v) is 2.09. The van der Waals surface area contributed by atoms with Crippen LogP contribution in [0.5, 0.6) is 0 Å². The van der Waals surface area contributed by atoms with E-state index in [-0.39, 0.29) is 0 Å². The third-order valence-corrected chi connectivity index (χ3v) is 3.01. The van der Waals surface area contributed by atoms with Crippen molar-refractivity contribution < 1.29 is 0 Å². The maximum absolute atomic E-state index is 5.52. The van der Waals surface area contributed by atoms with Crippen LogP contribution in [0.4, 0.5) is 0 Å². The Morgan fingerprint density at radius 2 is 2.15 bits per heavy atom. The molecule has 1 unspecified atom stereocenters. The van der Waals surface area contributed by atoms with Crippen molar-refractivity contribution in [3.05, 3.63) is 0 Å². The maximum atomic E-state index is 5.52. The summed E-state index contributed by atoms with van der Waals surface area (Å²) >= 11 is 4.90. The van der Waals surface area contributed by atoms with Crippen molar-refractivity contribution in [3.63, 3.8) is 0 Å². The number of nitrogens with zero attached hydrogens (tertiary/aromatic N) is 1. The van der Waals surface area contributed by atoms with Gasteiger partial charge in [0.1, 0.15) is 0 Å². The van der Waals surface area contributed by atoms with Crippen molar-refractivity contribution in [2.75, 3.05) is 19.6 Å². The topological polar surface area (TPSA) is 29.3 Å². The van der Waals surface area contributed by atoms with E-state index in [1.165, 1.54) is 6.42 Å². The van der Waals surface area contributed by atoms with Crippen LogP contribution in [0, 0.1) is 11.3 Å². The van der Waals surface area contributed by atoms with Crippen LogP contribution < -0.4 is 5.73 Å². The summed E-state index contributed by atoms with van der Waals surface area (Å²) in [6, 6.07) is 0. The van der Waals surface area contributed by atoms with Crippen molar-refractivity contribution in [1.29, 1.82) is 0 Å². The zero-order chi connectivity index (χ0) is 10.1. The second-order valence-electron chi connectivity index (χ2n) is 5.05.